The summed E-state index contributed by atoms with van der Waals surface area (Å²) >= 11 is 0. The fourth-order valence-corrected chi connectivity index (χ4v) is 2.75. The Balaban J connectivity index is 2.27. The molecule has 0 heterocycles. The maximum Gasteiger partial charge on any atom is 0.316 e. The van der Waals surface area contributed by atoms with Crippen LogP contribution in [0, 0.1) is 11.8 Å². The summed E-state index contributed by atoms with van der Waals surface area (Å²) in [6, 6.07) is 13.9. The maximum atomic E-state index is 12.6. The first kappa shape index (κ1) is 16.2. The molecule has 0 N–H and O–H groups in total. The molecule has 0 radical (unpaired) electrons. The minimum absolute atomic E-state index is 0.0680. The zero-order valence-corrected chi connectivity index (χ0v) is 13.3. The highest BCUT2D eigenvalue weighted by Gasteiger charge is 2.31. The van der Waals surface area contributed by atoms with Crippen LogP contribution in [0.1, 0.15) is 26.3 Å². The van der Waals surface area contributed by atoms with Crippen LogP contribution < -0.4 is 0 Å². The predicted octanol–water partition coefficient (Wildman–Crippen LogP) is 3.79. The van der Waals surface area contributed by atoms with E-state index in [1.807, 2.05) is 56.3 Å². The van der Waals surface area contributed by atoms with Crippen LogP contribution in [-0.4, -0.2) is 18.4 Å². The molecule has 0 aliphatic carbocycles. The van der Waals surface area contributed by atoms with Crippen molar-refractivity contribution in [1.29, 1.82) is 0 Å². The molecule has 0 aromatic heterocycles. The quantitative estimate of drug-likeness (QED) is 0.602. The fraction of sp³-hybridized carbons (Fsp3) is 0.368. The van der Waals surface area contributed by atoms with Crippen molar-refractivity contribution in [3.05, 3.63) is 48.0 Å². The molecular formula is C19H22O3. The topological polar surface area (TPSA) is 43.4 Å². The number of ether oxygens (including phenoxy) is 1. The van der Waals surface area contributed by atoms with Crippen molar-refractivity contribution in [2.24, 2.45) is 11.8 Å². The summed E-state index contributed by atoms with van der Waals surface area (Å²) in [7, 11) is 0. The van der Waals surface area contributed by atoms with Crippen molar-refractivity contribution in [3.8, 4) is 0 Å². The first-order valence-electron chi connectivity index (χ1n) is 7.70. The SMILES string of the molecule is CCOC(=O)C(C(=O)Cc1cccc2ccccc12)C(C)C. The summed E-state index contributed by atoms with van der Waals surface area (Å²) in [6.45, 7) is 5.80. The van der Waals surface area contributed by atoms with E-state index in [1.54, 1.807) is 6.92 Å². The third kappa shape index (κ3) is 3.53. The molecule has 2 rings (SSSR count). The summed E-state index contributed by atoms with van der Waals surface area (Å²) in [6.07, 6.45) is 0.253. The average Bonchev–Trinajstić information content (AvgIpc) is 2.47. The number of hydrogen-bond acceptors (Lipinski definition) is 3. The molecule has 3 nitrogen and oxygen atoms in total. The molecule has 0 spiro atoms. The number of carbonyl (C=O) groups is 2. The van der Waals surface area contributed by atoms with Gasteiger partial charge in [0.1, 0.15) is 5.92 Å². The Morgan fingerprint density at radius 1 is 1.05 bits per heavy atom. The second-order valence-corrected chi connectivity index (χ2v) is 5.76. The summed E-state index contributed by atoms with van der Waals surface area (Å²) in [5, 5.41) is 2.16. The zero-order chi connectivity index (χ0) is 16.1. The summed E-state index contributed by atoms with van der Waals surface area (Å²) < 4.78 is 5.05. The summed E-state index contributed by atoms with van der Waals surface area (Å²) in [5.74, 6) is -1.26. The number of fused-ring (bicyclic) bond motifs is 1. The van der Waals surface area contributed by atoms with E-state index in [4.69, 9.17) is 4.74 Å². The molecule has 0 saturated heterocycles. The van der Waals surface area contributed by atoms with Gasteiger partial charge < -0.3 is 4.74 Å². The lowest BCUT2D eigenvalue weighted by atomic mass is 9.87. The van der Waals surface area contributed by atoms with E-state index in [0.29, 0.717) is 6.61 Å². The Hall–Kier alpha value is -2.16. The lowest BCUT2D eigenvalue weighted by Crippen LogP contribution is -2.31. The molecule has 2 aromatic carbocycles. The standard InChI is InChI=1S/C19H22O3/c1-4-22-19(21)18(13(2)3)17(20)12-15-10-7-9-14-8-5-6-11-16(14)15/h5-11,13,18H,4,12H2,1-3H3. The molecule has 0 fully saturated rings. The number of ketones is 1. The number of rotatable bonds is 6. The van der Waals surface area contributed by atoms with Crippen molar-refractivity contribution in [1.82, 2.24) is 0 Å². The smallest absolute Gasteiger partial charge is 0.316 e. The largest absolute Gasteiger partial charge is 0.465 e. The van der Waals surface area contributed by atoms with Crippen LogP contribution in [0.4, 0.5) is 0 Å². The van der Waals surface area contributed by atoms with Gasteiger partial charge in [-0.25, -0.2) is 0 Å². The van der Waals surface area contributed by atoms with Gasteiger partial charge in [-0.05, 0) is 29.2 Å². The Morgan fingerprint density at radius 3 is 2.41 bits per heavy atom. The monoisotopic (exact) mass is 298 g/mol. The van der Waals surface area contributed by atoms with E-state index in [1.165, 1.54) is 0 Å². The van der Waals surface area contributed by atoms with E-state index in [0.717, 1.165) is 16.3 Å². The Morgan fingerprint density at radius 2 is 1.73 bits per heavy atom. The Labute approximate surface area is 131 Å². The second-order valence-electron chi connectivity index (χ2n) is 5.76. The van der Waals surface area contributed by atoms with Gasteiger partial charge in [0.25, 0.3) is 0 Å². The molecule has 0 saturated carbocycles. The van der Waals surface area contributed by atoms with E-state index < -0.39 is 11.9 Å². The molecule has 3 heteroatoms. The van der Waals surface area contributed by atoms with Crippen LogP contribution in [0.15, 0.2) is 42.5 Å². The van der Waals surface area contributed by atoms with Gasteiger partial charge in [-0.3, -0.25) is 9.59 Å². The molecule has 1 atom stereocenters. The Kier molecular flexibility index (Phi) is 5.31. The van der Waals surface area contributed by atoms with Crippen LogP contribution in [0.25, 0.3) is 10.8 Å². The summed E-state index contributed by atoms with van der Waals surface area (Å²) in [5.41, 5.74) is 0.957. The normalized spacial score (nSPS) is 12.4. The van der Waals surface area contributed by atoms with Gasteiger partial charge in [-0.1, -0.05) is 56.3 Å². The van der Waals surface area contributed by atoms with Crippen LogP contribution in [-0.2, 0) is 20.7 Å². The molecule has 116 valence electrons. The minimum atomic E-state index is -0.695. The highest BCUT2D eigenvalue weighted by Crippen LogP contribution is 2.22. The van der Waals surface area contributed by atoms with Gasteiger partial charge in [0.15, 0.2) is 5.78 Å². The van der Waals surface area contributed by atoms with Crippen molar-refractivity contribution in [2.75, 3.05) is 6.61 Å². The van der Waals surface area contributed by atoms with Crippen molar-refractivity contribution < 1.29 is 14.3 Å². The first-order valence-corrected chi connectivity index (χ1v) is 7.70. The Bertz CT molecular complexity index is 668. The number of carbonyl (C=O) groups excluding carboxylic acids is 2. The maximum absolute atomic E-state index is 12.6. The van der Waals surface area contributed by atoms with Crippen LogP contribution in [0.2, 0.25) is 0 Å². The van der Waals surface area contributed by atoms with Gasteiger partial charge in [0.2, 0.25) is 0 Å². The highest BCUT2D eigenvalue weighted by molar-refractivity contribution is 6.01. The second kappa shape index (κ2) is 7.21. The molecule has 22 heavy (non-hydrogen) atoms. The van der Waals surface area contributed by atoms with Crippen molar-refractivity contribution >= 4 is 22.5 Å². The number of Topliss-reactive ketones (excluding diaryl/α,β-unsaturated/α-hetero) is 1. The van der Waals surface area contributed by atoms with E-state index in [-0.39, 0.29) is 18.1 Å². The van der Waals surface area contributed by atoms with Gasteiger partial charge in [0.05, 0.1) is 6.61 Å². The number of hydrogen-bond donors (Lipinski definition) is 0. The summed E-state index contributed by atoms with van der Waals surface area (Å²) in [4.78, 5) is 24.7. The number of benzene rings is 2. The van der Waals surface area contributed by atoms with Gasteiger partial charge in [-0.15, -0.1) is 0 Å². The molecule has 1 unspecified atom stereocenters. The number of esters is 1. The van der Waals surface area contributed by atoms with E-state index in [2.05, 4.69) is 0 Å². The van der Waals surface area contributed by atoms with E-state index >= 15 is 0 Å². The molecular weight excluding hydrogens is 276 g/mol. The minimum Gasteiger partial charge on any atom is -0.465 e. The zero-order valence-electron chi connectivity index (χ0n) is 13.3. The van der Waals surface area contributed by atoms with Crippen LogP contribution in [0.5, 0.6) is 0 Å². The van der Waals surface area contributed by atoms with Gasteiger partial charge in [0, 0.05) is 6.42 Å². The van der Waals surface area contributed by atoms with Crippen LogP contribution in [0.3, 0.4) is 0 Å². The molecule has 0 bridgehead atoms. The average molecular weight is 298 g/mol. The van der Waals surface area contributed by atoms with Gasteiger partial charge in [-0.2, -0.15) is 0 Å². The van der Waals surface area contributed by atoms with Crippen molar-refractivity contribution in [3.63, 3.8) is 0 Å². The first-order chi connectivity index (χ1) is 10.5. The molecule has 0 amide bonds. The molecule has 2 aromatic rings. The molecule has 0 aliphatic heterocycles. The van der Waals surface area contributed by atoms with E-state index in [9.17, 15) is 9.59 Å². The molecule has 0 aliphatic rings. The third-order valence-electron chi connectivity index (χ3n) is 3.80. The van der Waals surface area contributed by atoms with Crippen LogP contribution >= 0.6 is 0 Å². The van der Waals surface area contributed by atoms with Gasteiger partial charge >= 0.3 is 5.97 Å². The highest BCUT2D eigenvalue weighted by atomic mass is 16.5. The van der Waals surface area contributed by atoms with Crippen molar-refractivity contribution in [2.45, 2.75) is 27.2 Å². The predicted molar refractivity (Wildman–Crippen MR) is 87.6 cm³/mol. The third-order valence-corrected chi connectivity index (χ3v) is 3.80. The fourth-order valence-electron chi connectivity index (χ4n) is 2.75. The lowest BCUT2D eigenvalue weighted by Gasteiger charge is -2.18. The lowest BCUT2D eigenvalue weighted by molar-refractivity contribution is -0.153.